The van der Waals surface area contributed by atoms with Crippen LogP contribution in [0.15, 0.2) is 22.7 Å². The first-order valence-electron chi connectivity index (χ1n) is 9.70. The van der Waals surface area contributed by atoms with Gasteiger partial charge in [-0.2, -0.15) is 0 Å². The number of carbonyl (C=O) groups is 2. The lowest BCUT2D eigenvalue weighted by atomic mass is 10.1. The molecule has 1 aromatic carbocycles. The molecule has 1 amide bonds. The molecule has 1 aliphatic rings. The van der Waals surface area contributed by atoms with Crippen molar-refractivity contribution in [3.05, 3.63) is 44.2 Å². The fraction of sp³-hybridized carbons (Fsp3) is 0.381. The van der Waals surface area contributed by atoms with Crippen LogP contribution in [0.5, 0.6) is 5.75 Å². The zero-order valence-electron chi connectivity index (χ0n) is 17.0. The van der Waals surface area contributed by atoms with Crippen molar-refractivity contribution in [2.75, 3.05) is 11.9 Å². The number of benzene rings is 1. The molecule has 0 atom stereocenters. The van der Waals surface area contributed by atoms with Gasteiger partial charge in [0.2, 0.25) is 0 Å². The average Bonchev–Trinajstić information content (AvgIpc) is 3.23. The van der Waals surface area contributed by atoms with E-state index in [1.165, 1.54) is 11.3 Å². The van der Waals surface area contributed by atoms with Gasteiger partial charge in [0.25, 0.3) is 5.91 Å². The Kier molecular flexibility index (Phi) is 7.49. The Morgan fingerprint density at radius 2 is 2.07 bits per heavy atom. The highest BCUT2D eigenvalue weighted by molar-refractivity contribution is 9.10. The van der Waals surface area contributed by atoms with Crippen molar-refractivity contribution in [3.63, 3.8) is 0 Å². The van der Waals surface area contributed by atoms with Crippen LogP contribution in [-0.2, 0) is 17.6 Å². The smallest absolute Gasteiger partial charge is 0.341 e. The molecule has 9 heteroatoms. The molecule has 0 bridgehead atoms. The normalized spacial score (nSPS) is 12.4. The number of amides is 1. The lowest BCUT2D eigenvalue weighted by Gasteiger charge is -2.15. The van der Waals surface area contributed by atoms with Gasteiger partial charge in [0.05, 0.1) is 23.8 Å². The molecule has 2 N–H and O–H groups in total. The number of esters is 1. The lowest BCUT2D eigenvalue weighted by molar-refractivity contribution is 0.0527. The Labute approximate surface area is 193 Å². The highest BCUT2D eigenvalue weighted by Crippen LogP contribution is 2.39. The number of ether oxygens (including phenoxy) is 2. The van der Waals surface area contributed by atoms with E-state index in [1.807, 2.05) is 19.9 Å². The number of anilines is 1. The number of nitrogens with one attached hydrogen (secondary N) is 2. The number of halogens is 1. The van der Waals surface area contributed by atoms with E-state index in [2.05, 4.69) is 26.6 Å². The minimum Gasteiger partial charge on any atom is -0.490 e. The Hall–Kier alpha value is -1.97. The zero-order chi connectivity index (χ0) is 21.8. The van der Waals surface area contributed by atoms with E-state index in [1.54, 1.807) is 19.1 Å². The fourth-order valence-electron chi connectivity index (χ4n) is 3.25. The minimum absolute atomic E-state index is 0.0801. The summed E-state index contributed by atoms with van der Waals surface area (Å²) in [5.41, 5.74) is 1.91. The summed E-state index contributed by atoms with van der Waals surface area (Å²) in [7, 11) is 0. The number of fused-ring (bicyclic) bond motifs is 1. The molecule has 6 nitrogen and oxygen atoms in total. The second-order valence-electron chi connectivity index (χ2n) is 7.00. The van der Waals surface area contributed by atoms with Gasteiger partial charge in [-0.1, -0.05) is 15.9 Å². The van der Waals surface area contributed by atoms with Crippen LogP contribution in [0.2, 0.25) is 0 Å². The van der Waals surface area contributed by atoms with Crippen molar-refractivity contribution in [3.8, 4) is 5.75 Å². The van der Waals surface area contributed by atoms with Gasteiger partial charge < -0.3 is 14.8 Å². The van der Waals surface area contributed by atoms with Gasteiger partial charge in [0, 0.05) is 9.35 Å². The third-order valence-electron chi connectivity index (χ3n) is 4.40. The van der Waals surface area contributed by atoms with Crippen molar-refractivity contribution in [1.82, 2.24) is 5.32 Å². The maximum atomic E-state index is 12.8. The quantitative estimate of drug-likeness (QED) is 0.416. The Morgan fingerprint density at radius 1 is 1.30 bits per heavy atom. The van der Waals surface area contributed by atoms with E-state index in [0.29, 0.717) is 28.5 Å². The standard InChI is InChI=1S/C21H23BrN2O4S2/c1-4-27-20(26)17-13-6-5-7-16(13)30-19(17)24-21(29)23-18(25)14-10-12(22)8-9-15(14)28-11(2)3/h8-11H,4-7H2,1-3H3,(H2,23,24,25,29). The van der Waals surface area contributed by atoms with Crippen LogP contribution in [0, 0.1) is 0 Å². The molecule has 0 fully saturated rings. The summed E-state index contributed by atoms with van der Waals surface area (Å²) in [4.78, 5) is 26.5. The van der Waals surface area contributed by atoms with E-state index >= 15 is 0 Å². The number of hydrogen-bond donors (Lipinski definition) is 2. The third kappa shape index (κ3) is 5.19. The van der Waals surface area contributed by atoms with E-state index in [4.69, 9.17) is 21.7 Å². The first-order valence-corrected chi connectivity index (χ1v) is 11.7. The van der Waals surface area contributed by atoms with Crippen molar-refractivity contribution in [1.29, 1.82) is 0 Å². The molecule has 1 heterocycles. The molecule has 2 aromatic rings. The molecular weight excluding hydrogens is 488 g/mol. The largest absolute Gasteiger partial charge is 0.490 e. The van der Waals surface area contributed by atoms with E-state index < -0.39 is 5.91 Å². The monoisotopic (exact) mass is 510 g/mol. The maximum absolute atomic E-state index is 12.8. The molecule has 0 radical (unpaired) electrons. The Morgan fingerprint density at radius 3 is 2.77 bits per heavy atom. The van der Waals surface area contributed by atoms with Gasteiger partial charge in [-0.15, -0.1) is 11.3 Å². The van der Waals surface area contributed by atoms with Gasteiger partial charge in [-0.25, -0.2) is 4.79 Å². The first-order chi connectivity index (χ1) is 14.3. The van der Waals surface area contributed by atoms with Gasteiger partial charge in [0.1, 0.15) is 10.8 Å². The van der Waals surface area contributed by atoms with Crippen molar-refractivity contribution in [2.24, 2.45) is 0 Å². The van der Waals surface area contributed by atoms with Gasteiger partial charge in [-0.3, -0.25) is 10.1 Å². The summed E-state index contributed by atoms with van der Waals surface area (Å²) in [5, 5.41) is 6.42. The fourth-order valence-corrected chi connectivity index (χ4v) is 5.15. The van der Waals surface area contributed by atoms with Crippen molar-refractivity contribution >= 4 is 61.5 Å². The number of aryl methyl sites for hydroxylation is 1. The number of thiocarbonyl (C=S) groups is 1. The summed E-state index contributed by atoms with van der Waals surface area (Å²) in [6.07, 6.45) is 2.72. The van der Waals surface area contributed by atoms with Crippen LogP contribution < -0.4 is 15.4 Å². The molecular formula is C21H23BrN2O4S2. The topological polar surface area (TPSA) is 76.7 Å². The van der Waals surface area contributed by atoms with Gasteiger partial charge in [0.15, 0.2) is 5.11 Å². The predicted molar refractivity (Wildman–Crippen MR) is 126 cm³/mol. The summed E-state index contributed by atoms with van der Waals surface area (Å²) < 4.78 is 11.7. The van der Waals surface area contributed by atoms with Crippen LogP contribution in [0.4, 0.5) is 5.00 Å². The Balaban J connectivity index is 1.78. The molecule has 1 aromatic heterocycles. The number of hydrogen-bond acceptors (Lipinski definition) is 6. The van der Waals surface area contributed by atoms with Crippen LogP contribution >= 0.6 is 39.5 Å². The van der Waals surface area contributed by atoms with E-state index in [-0.39, 0.29) is 17.2 Å². The lowest BCUT2D eigenvalue weighted by Crippen LogP contribution is -2.34. The third-order valence-corrected chi connectivity index (χ3v) is 6.31. The van der Waals surface area contributed by atoms with Crippen molar-refractivity contribution in [2.45, 2.75) is 46.1 Å². The molecule has 0 spiro atoms. The van der Waals surface area contributed by atoms with Crippen molar-refractivity contribution < 1.29 is 19.1 Å². The number of carbonyl (C=O) groups excluding carboxylic acids is 2. The van der Waals surface area contributed by atoms with Gasteiger partial charge >= 0.3 is 5.97 Å². The molecule has 0 aliphatic heterocycles. The maximum Gasteiger partial charge on any atom is 0.341 e. The summed E-state index contributed by atoms with van der Waals surface area (Å²) >= 11 is 10.2. The average molecular weight is 511 g/mol. The zero-order valence-corrected chi connectivity index (χ0v) is 20.2. The summed E-state index contributed by atoms with van der Waals surface area (Å²) in [6, 6.07) is 5.22. The molecule has 3 rings (SSSR count). The van der Waals surface area contributed by atoms with Crippen LogP contribution in [0.1, 0.15) is 58.3 Å². The molecule has 0 saturated carbocycles. The van der Waals surface area contributed by atoms with E-state index in [0.717, 1.165) is 34.2 Å². The molecule has 30 heavy (non-hydrogen) atoms. The molecule has 0 unspecified atom stereocenters. The minimum atomic E-state index is -0.397. The van der Waals surface area contributed by atoms with E-state index in [9.17, 15) is 9.59 Å². The van der Waals surface area contributed by atoms with Crippen LogP contribution in [0.25, 0.3) is 0 Å². The summed E-state index contributed by atoms with van der Waals surface area (Å²) in [5.74, 6) is -0.296. The second-order valence-corrected chi connectivity index (χ2v) is 9.43. The molecule has 0 saturated heterocycles. The SMILES string of the molecule is CCOC(=O)c1c(NC(=S)NC(=O)c2cc(Br)ccc2OC(C)C)sc2c1CCC2. The van der Waals surface area contributed by atoms with Crippen LogP contribution in [-0.4, -0.2) is 29.7 Å². The number of thiophene rings is 1. The first kappa shape index (κ1) is 22.7. The molecule has 1 aliphatic carbocycles. The van der Waals surface area contributed by atoms with Gasteiger partial charge in [-0.05, 0) is 76.0 Å². The Bertz CT molecular complexity index is 988. The predicted octanol–water partition coefficient (Wildman–Crippen LogP) is 5.09. The molecule has 160 valence electrons. The van der Waals surface area contributed by atoms with Crippen LogP contribution in [0.3, 0.4) is 0 Å². The highest BCUT2D eigenvalue weighted by atomic mass is 79.9. The second kappa shape index (κ2) is 9.89. The highest BCUT2D eigenvalue weighted by Gasteiger charge is 2.28. The number of rotatable bonds is 6. The summed E-state index contributed by atoms with van der Waals surface area (Å²) in [6.45, 7) is 5.86.